The predicted molar refractivity (Wildman–Crippen MR) is 110 cm³/mol. The van der Waals surface area contributed by atoms with Crippen LogP contribution in [0.1, 0.15) is 29.5 Å². The van der Waals surface area contributed by atoms with E-state index in [9.17, 15) is 27.6 Å². The molecular weight excluding hydrogens is 437 g/mol. The number of nitrogens with one attached hydrogen (secondary N) is 2. The first-order valence-electron chi connectivity index (χ1n) is 9.15. The predicted octanol–water partition coefficient (Wildman–Crippen LogP) is 4.88. The normalized spacial score (nSPS) is 11.0. The lowest BCUT2D eigenvalue weighted by atomic mass is 10.1. The number of hydrogen-bond donors (Lipinski definition) is 2. The third kappa shape index (κ3) is 7.60. The molecule has 0 aliphatic carbocycles. The average Bonchev–Trinajstić information content (AvgIpc) is 2.67. The minimum absolute atomic E-state index is 0.0769. The summed E-state index contributed by atoms with van der Waals surface area (Å²) < 4.78 is 43.1. The molecular formula is C21H20ClF3N2O4. The number of anilines is 2. The Morgan fingerprint density at radius 1 is 0.935 bits per heavy atom. The Kier molecular flexibility index (Phi) is 8.04. The number of esters is 1. The first kappa shape index (κ1) is 24.2. The van der Waals surface area contributed by atoms with Crippen LogP contribution < -0.4 is 10.6 Å². The zero-order chi connectivity index (χ0) is 23.2. The van der Waals surface area contributed by atoms with Crippen LogP contribution in [0, 0.1) is 13.8 Å². The Morgan fingerprint density at radius 2 is 1.61 bits per heavy atom. The monoisotopic (exact) mass is 456 g/mol. The molecule has 0 unspecified atom stereocenters. The van der Waals surface area contributed by atoms with E-state index in [0.29, 0.717) is 11.8 Å². The summed E-state index contributed by atoms with van der Waals surface area (Å²) in [7, 11) is 0. The van der Waals surface area contributed by atoms with Crippen molar-refractivity contribution in [3.8, 4) is 0 Å². The molecule has 0 spiro atoms. The van der Waals surface area contributed by atoms with E-state index in [4.69, 9.17) is 16.3 Å². The van der Waals surface area contributed by atoms with Crippen molar-refractivity contribution in [2.45, 2.75) is 32.9 Å². The smallest absolute Gasteiger partial charge is 0.416 e. The highest BCUT2D eigenvalue weighted by Gasteiger charge is 2.31. The van der Waals surface area contributed by atoms with Crippen LogP contribution in [-0.4, -0.2) is 24.4 Å². The second kappa shape index (κ2) is 10.3. The summed E-state index contributed by atoms with van der Waals surface area (Å²) in [5.41, 5.74) is 1.28. The van der Waals surface area contributed by atoms with E-state index in [1.165, 1.54) is 0 Å². The van der Waals surface area contributed by atoms with Crippen LogP contribution in [0.25, 0.3) is 0 Å². The Balaban J connectivity index is 1.79. The zero-order valence-electron chi connectivity index (χ0n) is 16.7. The van der Waals surface area contributed by atoms with Crippen molar-refractivity contribution in [3.63, 3.8) is 0 Å². The first-order chi connectivity index (χ1) is 14.5. The minimum atomic E-state index is -4.59. The highest BCUT2D eigenvalue weighted by atomic mass is 35.5. The number of carbonyl (C=O) groups is 3. The molecule has 31 heavy (non-hydrogen) atoms. The SMILES string of the molecule is Cc1ccc(NC(=O)COC(=O)CCC(=O)Nc2cc(C(F)(F)F)ccc2Cl)c(C)c1. The molecule has 0 atom stereocenters. The number of alkyl halides is 3. The van der Waals surface area contributed by atoms with Gasteiger partial charge in [-0.15, -0.1) is 0 Å². The average molecular weight is 457 g/mol. The fourth-order valence-corrected chi connectivity index (χ4v) is 2.75. The fraction of sp³-hybridized carbons (Fsp3) is 0.286. The molecule has 0 heterocycles. The van der Waals surface area contributed by atoms with E-state index in [1.54, 1.807) is 6.07 Å². The van der Waals surface area contributed by atoms with Gasteiger partial charge < -0.3 is 15.4 Å². The summed E-state index contributed by atoms with van der Waals surface area (Å²) in [6.45, 7) is 3.20. The Hall–Kier alpha value is -3.07. The second-order valence-corrected chi connectivity index (χ2v) is 7.17. The molecule has 0 bridgehead atoms. The lowest BCUT2D eigenvalue weighted by Gasteiger charge is -2.12. The molecule has 2 aromatic rings. The number of rotatable bonds is 7. The highest BCUT2D eigenvalue weighted by molar-refractivity contribution is 6.33. The lowest BCUT2D eigenvalue weighted by molar-refractivity contribution is -0.147. The van der Waals surface area contributed by atoms with Gasteiger partial charge in [-0.3, -0.25) is 14.4 Å². The van der Waals surface area contributed by atoms with Gasteiger partial charge in [0.1, 0.15) is 0 Å². The quantitative estimate of drug-likeness (QED) is 0.582. The van der Waals surface area contributed by atoms with Crippen LogP contribution >= 0.6 is 11.6 Å². The van der Waals surface area contributed by atoms with E-state index in [0.717, 1.165) is 23.3 Å². The molecule has 6 nitrogen and oxygen atoms in total. The van der Waals surface area contributed by atoms with Gasteiger partial charge in [-0.05, 0) is 43.7 Å². The number of amides is 2. The Bertz CT molecular complexity index is 993. The van der Waals surface area contributed by atoms with E-state index < -0.39 is 36.1 Å². The van der Waals surface area contributed by atoms with Crippen molar-refractivity contribution in [3.05, 3.63) is 58.1 Å². The topological polar surface area (TPSA) is 84.5 Å². The van der Waals surface area contributed by atoms with Gasteiger partial charge in [-0.25, -0.2) is 0 Å². The molecule has 2 amide bonds. The summed E-state index contributed by atoms with van der Waals surface area (Å²) in [5.74, 6) is -2.07. The van der Waals surface area contributed by atoms with Crippen LogP contribution in [-0.2, 0) is 25.3 Å². The molecule has 0 aliphatic heterocycles. The third-order valence-corrected chi connectivity index (χ3v) is 4.47. The molecule has 0 aliphatic rings. The van der Waals surface area contributed by atoms with Crippen LogP contribution in [0.3, 0.4) is 0 Å². The van der Waals surface area contributed by atoms with Gasteiger partial charge >= 0.3 is 12.1 Å². The summed E-state index contributed by atoms with van der Waals surface area (Å²) in [5, 5.41) is 4.76. The number of ether oxygens (including phenoxy) is 1. The number of carbonyl (C=O) groups excluding carboxylic acids is 3. The summed E-state index contributed by atoms with van der Waals surface area (Å²) in [6.07, 6.45) is -5.31. The Morgan fingerprint density at radius 3 is 2.26 bits per heavy atom. The van der Waals surface area contributed by atoms with Crippen LogP contribution in [0.2, 0.25) is 5.02 Å². The number of benzene rings is 2. The molecule has 2 rings (SSSR count). The van der Waals surface area contributed by atoms with Crippen LogP contribution in [0.4, 0.5) is 24.5 Å². The summed E-state index contributed by atoms with van der Waals surface area (Å²) >= 11 is 5.81. The van der Waals surface area contributed by atoms with Gasteiger partial charge in [-0.1, -0.05) is 29.3 Å². The number of aryl methyl sites for hydroxylation is 2. The molecule has 0 saturated heterocycles. The molecule has 0 saturated carbocycles. The van der Waals surface area contributed by atoms with E-state index in [1.807, 2.05) is 26.0 Å². The van der Waals surface area contributed by atoms with Gasteiger partial charge in [0.05, 0.1) is 22.7 Å². The van der Waals surface area contributed by atoms with Gasteiger partial charge in [0.25, 0.3) is 5.91 Å². The van der Waals surface area contributed by atoms with Gasteiger partial charge in [0.2, 0.25) is 5.91 Å². The van der Waals surface area contributed by atoms with Gasteiger partial charge in [-0.2, -0.15) is 13.2 Å². The van der Waals surface area contributed by atoms with Crippen LogP contribution in [0.5, 0.6) is 0 Å². The van der Waals surface area contributed by atoms with E-state index in [-0.39, 0.29) is 23.6 Å². The third-order valence-electron chi connectivity index (χ3n) is 4.14. The van der Waals surface area contributed by atoms with Crippen LogP contribution in [0.15, 0.2) is 36.4 Å². The molecule has 2 N–H and O–H groups in total. The van der Waals surface area contributed by atoms with Gasteiger partial charge in [0, 0.05) is 12.1 Å². The first-order valence-corrected chi connectivity index (χ1v) is 9.53. The minimum Gasteiger partial charge on any atom is -0.456 e. The number of hydrogen-bond acceptors (Lipinski definition) is 4. The van der Waals surface area contributed by atoms with E-state index >= 15 is 0 Å². The molecule has 166 valence electrons. The van der Waals surface area contributed by atoms with Crippen molar-refractivity contribution in [2.75, 3.05) is 17.2 Å². The molecule has 2 aromatic carbocycles. The second-order valence-electron chi connectivity index (χ2n) is 6.77. The standard InChI is InChI=1S/C21H20ClF3N2O4/c1-12-3-6-16(13(2)9-12)26-19(29)11-31-20(30)8-7-18(28)27-17-10-14(21(23,24)25)4-5-15(17)22/h3-6,9-10H,7-8,11H2,1-2H3,(H,26,29)(H,27,28). The molecule has 0 radical (unpaired) electrons. The van der Waals surface area contributed by atoms with Crippen molar-refractivity contribution in [1.29, 1.82) is 0 Å². The maximum Gasteiger partial charge on any atom is 0.416 e. The van der Waals surface area contributed by atoms with Crippen molar-refractivity contribution in [1.82, 2.24) is 0 Å². The van der Waals surface area contributed by atoms with Crippen molar-refractivity contribution in [2.24, 2.45) is 0 Å². The highest BCUT2D eigenvalue weighted by Crippen LogP contribution is 2.33. The maximum atomic E-state index is 12.8. The van der Waals surface area contributed by atoms with Crippen molar-refractivity contribution < 1.29 is 32.3 Å². The summed E-state index contributed by atoms with van der Waals surface area (Å²) in [4.78, 5) is 35.6. The van der Waals surface area contributed by atoms with E-state index in [2.05, 4.69) is 10.6 Å². The fourth-order valence-electron chi connectivity index (χ4n) is 2.58. The summed E-state index contributed by atoms with van der Waals surface area (Å²) in [6, 6.07) is 7.95. The molecule has 0 fully saturated rings. The number of halogens is 4. The van der Waals surface area contributed by atoms with Crippen molar-refractivity contribution >= 4 is 40.8 Å². The zero-order valence-corrected chi connectivity index (χ0v) is 17.5. The lowest BCUT2D eigenvalue weighted by Crippen LogP contribution is -2.22. The Labute approximate surface area is 181 Å². The maximum absolute atomic E-state index is 12.8. The molecule has 10 heteroatoms. The molecule has 0 aromatic heterocycles. The largest absolute Gasteiger partial charge is 0.456 e. The van der Waals surface area contributed by atoms with Gasteiger partial charge in [0.15, 0.2) is 6.61 Å².